The molecular formula is C15H31N3O. The Bertz CT molecular complexity index is 279. The molecule has 1 unspecified atom stereocenters. The molecule has 2 amide bonds. The fourth-order valence-corrected chi connectivity index (χ4v) is 2.59. The smallest absolute Gasteiger partial charge is 0.320 e. The SMILES string of the molecule is CC(C)CN(CCN(C)C)C(=O)N1CCCC(C)C1. The zero-order valence-corrected chi connectivity index (χ0v) is 13.4. The number of hydrogen-bond acceptors (Lipinski definition) is 2. The minimum atomic E-state index is 0.238. The lowest BCUT2D eigenvalue weighted by atomic mass is 10.0. The Balaban J connectivity index is 2.58. The summed E-state index contributed by atoms with van der Waals surface area (Å²) in [5, 5.41) is 0. The van der Waals surface area contributed by atoms with Gasteiger partial charge in [-0.2, -0.15) is 0 Å². The quantitative estimate of drug-likeness (QED) is 0.766. The van der Waals surface area contributed by atoms with Gasteiger partial charge < -0.3 is 14.7 Å². The van der Waals surface area contributed by atoms with Gasteiger partial charge in [-0.3, -0.25) is 0 Å². The van der Waals surface area contributed by atoms with Crippen molar-refractivity contribution in [3.63, 3.8) is 0 Å². The second-order valence-electron chi connectivity index (χ2n) is 6.62. The standard InChI is InChI=1S/C15H31N3O/c1-13(2)11-18(10-9-16(4)5)15(19)17-8-6-7-14(3)12-17/h13-14H,6-12H2,1-5H3. The molecule has 1 rings (SSSR count). The van der Waals surface area contributed by atoms with Gasteiger partial charge in [0.2, 0.25) is 0 Å². The maximum Gasteiger partial charge on any atom is 0.320 e. The van der Waals surface area contributed by atoms with E-state index in [-0.39, 0.29) is 6.03 Å². The van der Waals surface area contributed by atoms with Gasteiger partial charge >= 0.3 is 6.03 Å². The Kier molecular flexibility index (Phi) is 6.63. The summed E-state index contributed by atoms with van der Waals surface area (Å²) in [5.74, 6) is 1.17. The molecule has 0 radical (unpaired) electrons. The summed E-state index contributed by atoms with van der Waals surface area (Å²) in [6.45, 7) is 11.1. The van der Waals surface area contributed by atoms with E-state index in [4.69, 9.17) is 0 Å². The van der Waals surface area contributed by atoms with E-state index in [2.05, 4.69) is 39.8 Å². The van der Waals surface area contributed by atoms with Crippen LogP contribution < -0.4 is 0 Å². The first-order valence-corrected chi connectivity index (χ1v) is 7.58. The zero-order valence-electron chi connectivity index (χ0n) is 13.4. The first-order valence-electron chi connectivity index (χ1n) is 7.58. The molecule has 112 valence electrons. The van der Waals surface area contributed by atoms with Gasteiger partial charge in [-0.25, -0.2) is 4.79 Å². The maximum atomic E-state index is 12.6. The first kappa shape index (κ1) is 16.3. The third kappa shape index (κ3) is 5.81. The minimum absolute atomic E-state index is 0.238. The summed E-state index contributed by atoms with van der Waals surface area (Å²) in [4.78, 5) is 18.8. The number of urea groups is 1. The Hall–Kier alpha value is -0.770. The highest BCUT2D eigenvalue weighted by molar-refractivity contribution is 5.74. The summed E-state index contributed by atoms with van der Waals surface area (Å²) >= 11 is 0. The third-order valence-electron chi connectivity index (χ3n) is 3.60. The molecule has 4 heteroatoms. The second-order valence-corrected chi connectivity index (χ2v) is 6.62. The first-order chi connectivity index (χ1) is 8.90. The van der Waals surface area contributed by atoms with Gasteiger partial charge in [0.1, 0.15) is 0 Å². The number of carbonyl (C=O) groups excluding carboxylic acids is 1. The summed E-state index contributed by atoms with van der Waals surface area (Å²) < 4.78 is 0. The number of likely N-dealkylation sites (N-methyl/N-ethyl adjacent to an activating group) is 1. The summed E-state index contributed by atoms with van der Waals surface area (Å²) in [6.07, 6.45) is 2.40. The highest BCUT2D eigenvalue weighted by Crippen LogP contribution is 2.17. The minimum Gasteiger partial charge on any atom is -0.324 e. The van der Waals surface area contributed by atoms with Crippen LogP contribution >= 0.6 is 0 Å². The monoisotopic (exact) mass is 269 g/mol. The molecular weight excluding hydrogens is 238 g/mol. The molecule has 4 nitrogen and oxygen atoms in total. The molecule has 1 atom stereocenters. The average Bonchev–Trinajstić information content (AvgIpc) is 2.33. The van der Waals surface area contributed by atoms with Crippen molar-refractivity contribution in [2.45, 2.75) is 33.6 Å². The predicted octanol–water partition coefficient (Wildman–Crippen LogP) is 2.36. The van der Waals surface area contributed by atoms with Gasteiger partial charge in [-0.1, -0.05) is 20.8 Å². The summed E-state index contributed by atoms with van der Waals surface area (Å²) in [5.41, 5.74) is 0. The molecule has 1 aliphatic rings. The van der Waals surface area contributed by atoms with Crippen molar-refractivity contribution in [3.8, 4) is 0 Å². The Morgan fingerprint density at radius 1 is 1.32 bits per heavy atom. The van der Waals surface area contributed by atoms with Crippen LogP contribution in [0.25, 0.3) is 0 Å². The van der Waals surface area contributed by atoms with Crippen molar-refractivity contribution in [3.05, 3.63) is 0 Å². The van der Waals surface area contributed by atoms with Crippen molar-refractivity contribution in [1.82, 2.24) is 14.7 Å². The lowest BCUT2D eigenvalue weighted by molar-refractivity contribution is 0.123. The highest BCUT2D eigenvalue weighted by atomic mass is 16.2. The number of carbonyl (C=O) groups is 1. The average molecular weight is 269 g/mol. The van der Waals surface area contributed by atoms with E-state index in [1.54, 1.807) is 0 Å². The van der Waals surface area contributed by atoms with Crippen LogP contribution in [0, 0.1) is 11.8 Å². The van der Waals surface area contributed by atoms with Gasteiger partial charge in [-0.15, -0.1) is 0 Å². The molecule has 1 fully saturated rings. The number of hydrogen-bond donors (Lipinski definition) is 0. The third-order valence-corrected chi connectivity index (χ3v) is 3.60. The van der Waals surface area contributed by atoms with Crippen molar-refractivity contribution >= 4 is 6.03 Å². The van der Waals surface area contributed by atoms with Crippen molar-refractivity contribution < 1.29 is 4.79 Å². The fraction of sp³-hybridized carbons (Fsp3) is 0.933. The zero-order chi connectivity index (χ0) is 14.4. The van der Waals surface area contributed by atoms with Gasteiger partial charge in [0.05, 0.1) is 0 Å². The molecule has 0 aromatic heterocycles. The molecule has 0 spiro atoms. The van der Waals surface area contributed by atoms with Crippen LogP contribution in [-0.2, 0) is 0 Å². The van der Waals surface area contributed by atoms with Gasteiger partial charge in [0, 0.05) is 32.7 Å². The number of nitrogens with zero attached hydrogens (tertiary/aromatic N) is 3. The molecule has 19 heavy (non-hydrogen) atoms. The van der Waals surface area contributed by atoms with Crippen molar-refractivity contribution in [2.24, 2.45) is 11.8 Å². The van der Waals surface area contributed by atoms with Crippen LogP contribution in [0.4, 0.5) is 4.79 Å². The Morgan fingerprint density at radius 3 is 2.53 bits per heavy atom. The van der Waals surface area contributed by atoms with Crippen LogP contribution in [0.2, 0.25) is 0 Å². The van der Waals surface area contributed by atoms with Gasteiger partial charge in [0.25, 0.3) is 0 Å². The summed E-state index contributed by atoms with van der Waals surface area (Å²) in [7, 11) is 4.11. The number of likely N-dealkylation sites (tertiary alicyclic amines) is 1. The molecule has 0 aliphatic carbocycles. The topological polar surface area (TPSA) is 26.8 Å². The van der Waals surface area contributed by atoms with Crippen LogP contribution in [0.1, 0.15) is 33.6 Å². The Labute approximate surface area is 118 Å². The summed E-state index contributed by atoms with van der Waals surface area (Å²) in [6, 6.07) is 0.238. The molecule has 0 aromatic rings. The van der Waals surface area contributed by atoms with Crippen LogP contribution in [0.15, 0.2) is 0 Å². The van der Waals surface area contributed by atoms with Crippen LogP contribution in [0.3, 0.4) is 0 Å². The molecule has 0 N–H and O–H groups in total. The van der Waals surface area contributed by atoms with Gasteiger partial charge in [0.15, 0.2) is 0 Å². The fourth-order valence-electron chi connectivity index (χ4n) is 2.59. The number of piperidine rings is 1. The van der Waals surface area contributed by atoms with E-state index in [1.807, 2.05) is 9.80 Å². The van der Waals surface area contributed by atoms with E-state index >= 15 is 0 Å². The van der Waals surface area contributed by atoms with E-state index in [0.29, 0.717) is 11.8 Å². The van der Waals surface area contributed by atoms with E-state index in [0.717, 1.165) is 39.1 Å². The lowest BCUT2D eigenvalue weighted by Gasteiger charge is -2.36. The normalized spacial score (nSPS) is 20.2. The van der Waals surface area contributed by atoms with Crippen LogP contribution in [0.5, 0.6) is 0 Å². The molecule has 0 saturated carbocycles. The highest BCUT2D eigenvalue weighted by Gasteiger charge is 2.25. The lowest BCUT2D eigenvalue weighted by Crippen LogP contribution is -2.49. The van der Waals surface area contributed by atoms with E-state index in [1.165, 1.54) is 6.42 Å². The molecule has 1 heterocycles. The Morgan fingerprint density at radius 2 is 2.00 bits per heavy atom. The van der Waals surface area contributed by atoms with Gasteiger partial charge in [-0.05, 0) is 38.8 Å². The molecule has 1 saturated heterocycles. The number of amides is 2. The largest absolute Gasteiger partial charge is 0.324 e. The maximum absolute atomic E-state index is 12.6. The molecule has 1 aliphatic heterocycles. The molecule has 0 bridgehead atoms. The van der Waals surface area contributed by atoms with Crippen LogP contribution in [-0.4, -0.2) is 67.5 Å². The van der Waals surface area contributed by atoms with Crippen molar-refractivity contribution in [2.75, 3.05) is 46.8 Å². The second kappa shape index (κ2) is 7.73. The van der Waals surface area contributed by atoms with Crippen molar-refractivity contribution in [1.29, 1.82) is 0 Å². The van der Waals surface area contributed by atoms with E-state index in [9.17, 15) is 4.79 Å². The molecule has 0 aromatic carbocycles. The number of rotatable bonds is 5. The van der Waals surface area contributed by atoms with E-state index < -0.39 is 0 Å². The predicted molar refractivity (Wildman–Crippen MR) is 80.3 cm³/mol.